The molecule has 0 amide bonds. The summed E-state index contributed by atoms with van der Waals surface area (Å²) in [5.41, 5.74) is 6.38. The van der Waals surface area contributed by atoms with E-state index in [1.165, 1.54) is 0 Å². The number of hydrogen-bond acceptors (Lipinski definition) is 8. The summed E-state index contributed by atoms with van der Waals surface area (Å²) in [5.74, 6) is 0.783. The largest absolute Gasteiger partial charge is 0.491 e. The van der Waals surface area contributed by atoms with Crippen molar-refractivity contribution in [2.24, 2.45) is 5.73 Å². The zero-order chi connectivity index (χ0) is 21.7. The standard InChI is InChI=1S/C22H38N2O6/c1-2-5-20-6-3-4-7-22(20)30-19-21(25)18-24-9-11-27-13-15-29-17-16-28-14-12-26-10-8-23/h2-4,6-7,21,24-25H,1,5,8-19,23H2. The minimum Gasteiger partial charge on any atom is -0.491 e. The highest BCUT2D eigenvalue weighted by Crippen LogP contribution is 2.18. The summed E-state index contributed by atoms with van der Waals surface area (Å²) in [4.78, 5) is 0. The average Bonchev–Trinajstić information content (AvgIpc) is 2.76. The van der Waals surface area contributed by atoms with Crippen molar-refractivity contribution in [2.75, 3.05) is 79.1 Å². The molecule has 0 saturated heterocycles. The van der Waals surface area contributed by atoms with Gasteiger partial charge in [-0.05, 0) is 18.1 Å². The minimum absolute atomic E-state index is 0.233. The molecule has 1 unspecified atom stereocenters. The lowest BCUT2D eigenvalue weighted by molar-refractivity contribution is -0.000851. The molecule has 0 aliphatic carbocycles. The Bertz CT molecular complexity index is 532. The van der Waals surface area contributed by atoms with Gasteiger partial charge in [-0.25, -0.2) is 0 Å². The van der Waals surface area contributed by atoms with Gasteiger partial charge in [0.25, 0.3) is 0 Å². The normalized spacial score (nSPS) is 12.1. The summed E-state index contributed by atoms with van der Waals surface area (Å²) in [7, 11) is 0. The van der Waals surface area contributed by atoms with E-state index in [2.05, 4.69) is 11.9 Å². The molecule has 30 heavy (non-hydrogen) atoms. The fraction of sp³-hybridized carbons (Fsp3) is 0.636. The Morgan fingerprint density at radius 3 is 2.17 bits per heavy atom. The summed E-state index contributed by atoms with van der Waals surface area (Å²) in [6.07, 6.45) is 1.98. The van der Waals surface area contributed by atoms with E-state index < -0.39 is 6.10 Å². The first kappa shape index (κ1) is 26.5. The van der Waals surface area contributed by atoms with Crippen molar-refractivity contribution in [1.29, 1.82) is 0 Å². The Morgan fingerprint density at radius 1 is 0.933 bits per heavy atom. The van der Waals surface area contributed by atoms with Gasteiger partial charge in [-0.1, -0.05) is 24.3 Å². The molecule has 0 aliphatic rings. The quantitative estimate of drug-likeness (QED) is 0.196. The van der Waals surface area contributed by atoms with Crippen molar-refractivity contribution < 1.29 is 28.8 Å². The fourth-order valence-electron chi connectivity index (χ4n) is 2.47. The maximum absolute atomic E-state index is 10.0. The van der Waals surface area contributed by atoms with Crippen LogP contribution in [0.25, 0.3) is 0 Å². The lowest BCUT2D eigenvalue weighted by Crippen LogP contribution is -2.33. The number of ether oxygens (including phenoxy) is 5. The predicted molar refractivity (Wildman–Crippen MR) is 117 cm³/mol. The number of nitrogens with two attached hydrogens (primary N) is 1. The molecular weight excluding hydrogens is 388 g/mol. The van der Waals surface area contributed by atoms with Crippen LogP contribution >= 0.6 is 0 Å². The Balaban J connectivity index is 1.88. The molecule has 0 aliphatic heterocycles. The van der Waals surface area contributed by atoms with Crippen molar-refractivity contribution in [3.63, 3.8) is 0 Å². The van der Waals surface area contributed by atoms with Gasteiger partial charge in [0, 0.05) is 19.6 Å². The van der Waals surface area contributed by atoms with Gasteiger partial charge in [0.15, 0.2) is 0 Å². The van der Waals surface area contributed by atoms with Crippen LogP contribution in [0, 0.1) is 0 Å². The van der Waals surface area contributed by atoms with Gasteiger partial charge in [0.05, 0.1) is 52.9 Å². The van der Waals surface area contributed by atoms with E-state index in [4.69, 9.17) is 29.4 Å². The average molecular weight is 427 g/mol. The number of aliphatic hydroxyl groups excluding tert-OH is 1. The lowest BCUT2D eigenvalue weighted by atomic mass is 10.1. The second-order valence-electron chi connectivity index (χ2n) is 6.51. The van der Waals surface area contributed by atoms with Gasteiger partial charge < -0.3 is 39.8 Å². The molecule has 0 aromatic heterocycles. The van der Waals surface area contributed by atoms with Crippen molar-refractivity contribution in [1.82, 2.24) is 5.32 Å². The molecule has 1 aromatic rings. The molecule has 0 radical (unpaired) electrons. The van der Waals surface area contributed by atoms with Crippen LogP contribution in [0.15, 0.2) is 36.9 Å². The molecule has 0 saturated carbocycles. The highest BCUT2D eigenvalue weighted by Gasteiger charge is 2.07. The van der Waals surface area contributed by atoms with Crippen molar-refractivity contribution in [2.45, 2.75) is 12.5 Å². The fourth-order valence-corrected chi connectivity index (χ4v) is 2.47. The van der Waals surface area contributed by atoms with E-state index in [1.807, 2.05) is 30.3 Å². The number of aliphatic hydroxyl groups is 1. The maximum atomic E-state index is 10.0. The molecule has 1 aromatic carbocycles. The van der Waals surface area contributed by atoms with Crippen LogP contribution in [0.1, 0.15) is 5.56 Å². The number of rotatable bonds is 21. The number of para-hydroxylation sites is 1. The molecule has 0 fully saturated rings. The molecule has 1 rings (SSSR count). The first-order valence-electron chi connectivity index (χ1n) is 10.5. The Hall–Kier alpha value is -1.52. The van der Waals surface area contributed by atoms with Gasteiger partial charge in [-0.2, -0.15) is 0 Å². The van der Waals surface area contributed by atoms with Crippen LogP contribution in [-0.2, 0) is 25.4 Å². The molecule has 4 N–H and O–H groups in total. The summed E-state index contributed by atoms with van der Waals surface area (Å²) in [6.45, 7) is 9.91. The van der Waals surface area contributed by atoms with Crippen LogP contribution in [-0.4, -0.2) is 90.3 Å². The van der Waals surface area contributed by atoms with Gasteiger partial charge in [0.2, 0.25) is 0 Å². The molecule has 0 bridgehead atoms. The van der Waals surface area contributed by atoms with Gasteiger partial charge in [-0.15, -0.1) is 6.58 Å². The third kappa shape index (κ3) is 14.5. The first-order valence-corrected chi connectivity index (χ1v) is 10.5. The second-order valence-corrected chi connectivity index (χ2v) is 6.51. The monoisotopic (exact) mass is 426 g/mol. The highest BCUT2D eigenvalue weighted by atomic mass is 16.6. The summed E-state index contributed by atoms with van der Waals surface area (Å²) >= 11 is 0. The Labute approximate surface area is 180 Å². The van der Waals surface area contributed by atoms with Crippen LogP contribution < -0.4 is 15.8 Å². The van der Waals surface area contributed by atoms with Crippen LogP contribution in [0.5, 0.6) is 5.75 Å². The second kappa shape index (κ2) is 19.4. The lowest BCUT2D eigenvalue weighted by Gasteiger charge is -2.15. The van der Waals surface area contributed by atoms with Crippen molar-refractivity contribution >= 4 is 0 Å². The molecular formula is C22H38N2O6. The molecule has 1 atom stereocenters. The van der Waals surface area contributed by atoms with Gasteiger partial charge in [0.1, 0.15) is 18.5 Å². The van der Waals surface area contributed by atoms with E-state index in [-0.39, 0.29) is 6.61 Å². The van der Waals surface area contributed by atoms with Crippen LogP contribution in [0.3, 0.4) is 0 Å². The molecule has 0 heterocycles. The van der Waals surface area contributed by atoms with E-state index in [0.29, 0.717) is 72.5 Å². The van der Waals surface area contributed by atoms with Gasteiger partial charge >= 0.3 is 0 Å². The Morgan fingerprint density at radius 2 is 1.53 bits per heavy atom. The predicted octanol–water partition coefficient (Wildman–Crippen LogP) is 0.770. The summed E-state index contributed by atoms with van der Waals surface area (Å²) < 4.78 is 27.2. The first-order chi connectivity index (χ1) is 14.8. The van der Waals surface area contributed by atoms with E-state index in [0.717, 1.165) is 17.7 Å². The number of nitrogens with one attached hydrogen (secondary N) is 1. The van der Waals surface area contributed by atoms with E-state index >= 15 is 0 Å². The molecule has 0 spiro atoms. The van der Waals surface area contributed by atoms with Crippen molar-refractivity contribution in [3.8, 4) is 5.75 Å². The summed E-state index contributed by atoms with van der Waals surface area (Å²) in [6, 6.07) is 7.78. The number of hydrogen-bond donors (Lipinski definition) is 3. The summed E-state index contributed by atoms with van der Waals surface area (Å²) in [5, 5.41) is 13.2. The zero-order valence-corrected chi connectivity index (χ0v) is 17.9. The molecule has 172 valence electrons. The van der Waals surface area contributed by atoms with Crippen LogP contribution in [0.2, 0.25) is 0 Å². The number of benzene rings is 1. The molecule has 8 nitrogen and oxygen atoms in total. The Kier molecular flexibility index (Phi) is 17.2. The minimum atomic E-state index is -0.592. The SMILES string of the molecule is C=CCc1ccccc1OCC(O)CNCCOCCOCCOCCOCCN. The highest BCUT2D eigenvalue weighted by molar-refractivity contribution is 5.34. The third-order valence-electron chi connectivity index (χ3n) is 3.95. The smallest absolute Gasteiger partial charge is 0.122 e. The van der Waals surface area contributed by atoms with Gasteiger partial charge in [-0.3, -0.25) is 0 Å². The van der Waals surface area contributed by atoms with Crippen LogP contribution in [0.4, 0.5) is 0 Å². The third-order valence-corrected chi connectivity index (χ3v) is 3.95. The van der Waals surface area contributed by atoms with E-state index in [1.54, 1.807) is 0 Å². The molecule has 8 heteroatoms. The maximum Gasteiger partial charge on any atom is 0.122 e. The number of allylic oxidation sites excluding steroid dienone is 1. The van der Waals surface area contributed by atoms with E-state index in [9.17, 15) is 5.11 Å². The zero-order valence-electron chi connectivity index (χ0n) is 17.9. The van der Waals surface area contributed by atoms with Crippen molar-refractivity contribution in [3.05, 3.63) is 42.5 Å². The topological polar surface area (TPSA) is 104 Å².